The van der Waals surface area contributed by atoms with E-state index in [9.17, 15) is 31.5 Å². The Balaban J connectivity index is 1.97. The van der Waals surface area contributed by atoms with Crippen molar-refractivity contribution in [3.05, 3.63) is 77.2 Å². The fraction of sp³-hybridized carbons (Fsp3) is 0.296. The molecule has 2 atom stereocenters. The molecule has 0 aliphatic carbocycles. The Hall–Kier alpha value is -3.97. The third-order valence-electron chi connectivity index (χ3n) is 6.11. The molecule has 0 bridgehead atoms. The fourth-order valence-corrected chi connectivity index (χ4v) is 3.90. The molecule has 4 N–H and O–H groups in total. The lowest BCUT2D eigenvalue weighted by Crippen LogP contribution is -2.38. The van der Waals surface area contributed by atoms with E-state index < -0.39 is 60.8 Å². The molecule has 220 valence electrons. The first-order valence-corrected chi connectivity index (χ1v) is 12.3. The van der Waals surface area contributed by atoms with Crippen molar-refractivity contribution in [1.82, 2.24) is 15.1 Å². The van der Waals surface area contributed by atoms with Crippen LogP contribution in [0.5, 0.6) is 11.5 Å². The highest BCUT2D eigenvalue weighted by atomic mass is 35.5. The van der Waals surface area contributed by atoms with Crippen LogP contribution in [0.4, 0.5) is 22.0 Å². The molecule has 2 amide bonds. The first-order valence-electron chi connectivity index (χ1n) is 12.0. The number of rotatable bonds is 12. The number of carbonyl (C=O) groups is 2. The van der Waals surface area contributed by atoms with Crippen molar-refractivity contribution in [2.45, 2.75) is 24.6 Å². The maximum Gasteiger partial charge on any atom is 0.398 e. The number of alkyl halides is 4. The highest BCUT2D eigenvalue weighted by Crippen LogP contribution is 2.37. The molecule has 0 saturated carbocycles. The van der Waals surface area contributed by atoms with Gasteiger partial charge in [-0.15, -0.1) is 0 Å². The average Bonchev–Trinajstić information content (AvgIpc) is 2.95. The second kappa shape index (κ2) is 13.1. The van der Waals surface area contributed by atoms with Crippen molar-refractivity contribution in [3.63, 3.8) is 0 Å². The van der Waals surface area contributed by atoms with Gasteiger partial charge >= 0.3 is 6.18 Å². The summed E-state index contributed by atoms with van der Waals surface area (Å²) in [6.45, 7) is -1.11. The predicted molar refractivity (Wildman–Crippen MR) is 141 cm³/mol. The Labute approximate surface area is 237 Å². The van der Waals surface area contributed by atoms with Crippen LogP contribution in [0.15, 0.2) is 54.6 Å². The first-order chi connectivity index (χ1) is 19.3. The normalized spacial score (nSPS) is 13.7. The van der Waals surface area contributed by atoms with Crippen LogP contribution in [0.1, 0.15) is 34.5 Å². The molecule has 8 nitrogen and oxygen atoms in total. The summed E-state index contributed by atoms with van der Waals surface area (Å²) in [5.74, 6) is -4.37. The molecule has 0 radical (unpaired) electrons. The molecule has 3 aromatic rings. The standard InChI is InChI=1S/C27H26ClF5N4O4/c1-26(14-29,37-28)17-10-20(15-3-6-18(30)7-4-15)36-21(11-17)19(27(31,32)33)12-35-25(39)16-5-8-22(23(9-16)40-2)41-13-24(34)38/h3-11,19,37H,12-14H2,1-2H3,(H2,34,38)(H,35,39). The fourth-order valence-electron chi connectivity index (χ4n) is 3.74. The molecule has 41 heavy (non-hydrogen) atoms. The molecule has 0 fully saturated rings. The molecular formula is C27H26ClF5N4O4. The predicted octanol–water partition coefficient (Wildman–Crippen LogP) is 4.76. The number of halogens is 6. The Kier molecular flexibility index (Phi) is 10.1. The zero-order valence-corrected chi connectivity index (χ0v) is 22.6. The minimum atomic E-state index is -4.89. The van der Waals surface area contributed by atoms with E-state index in [1.54, 1.807) is 0 Å². The van der Waals surface area contributed by atoms with Crippen LogP contribution >= 0.6 is 11.8 Å². The smallest absolute Gasteiger partial charge is 0.398 e. The summed E-state index contributed by atoms with van der Waals surface area (Å²) in [6.07, 6.45) is -4.89. The topological polar surface area (TPSA) is 116 Å². The molecule has 2 aromatic carbocycles. The van der Waals surface area contributed by atoms with Gasteiger partial charge in [0.05, 0.1) is 24.0 Å². The molecule has 1 heterocycles. The number of nitrogens with two attached hydrogens (primary N) is 1. The second-order valence-corrected chi connectivity index (χ2v) is 9.35. The third kappa shape index (κ3) is 7.82. The van der Waals surface area contributed by atoms with Crippen molar-refractivity contribution in [2.24, 2.45) is 5.73 Å². The van der Waals surface area contributed by atoms with Crippen LogP contribution in [-0.4, -0.2) is 49.9 Å². The molecular weight excluding hydrogens is 575 g/mol. The Morgan fingerprint density at radius 2 is 1.76 bits per heavy atom. The van der Waals surface area contributed by atoms with Gasteiger partial charge in [0.1, 0.15) is 18.4 Å². The maximum absolute atomic E-state index is 14.3. The molecule has 3 rings (SSSR count). The average molecular weight is 601 g/mol. The first kappa shape index (κ1) is 31.6. The van der Waals surface area contributed by atoms with Crippen molar-refractivity contribution in [3.8, 4) is 22.8 Å². The molecule has 1 aromatic heterocycles. The zero-order chi connectivity index (χ0) is 30.4. The lowest BCUT2D eigenvalue weighted by molar-refractivity contribution is -0.149. The van der Waals surface area contributed by atoms with Gasteiger partial charge in [0.25, 0.3) is 11.8 Å². The van der Waals surface area contributed by atoms with Gasteiger partial charge in [-0.1, -0.05) is 0 Å². The van der Waals surface area contributed by atoms with E-state index in [4.69, 9.17) is 27.0 Å². The highest BCUT2D eigenvalue weighted by Gasteiger charge is 2.43. The van der Waals surface area contributed by atoms with E-state index in [1.165, 1.54) is 50.4 Å². The number of ether oxygens (including phenoxy) is 2. The van der Waals surface area contributed by atoms with Gasteiger partial charge in [0.15, 0.2) is 18.1 Å². The van der Waals surface area contributed by atoms with Crippen molar-refractivity contribution >= 4 is 23.6 Å². The summed E-state index contributed by atoms with van der Waals surface area (Å²) >= 11 is 5.74. The Bertz CT molecular complexity index is 1390. The number of carbonyl (C=O) groups excluding carboxylic acids is 2. The quantitative estimate of drug-likeness (QED) is 0.204. The van der Waals surface area contributed by atoms with Gasteiger partial charge in [-0.2, -0.15) is 13.2 Å². The number of primary amides is 1. The van der Waals surface area contributed by atoms with Crippen LogP contribution < -0.4 is 25.4 Å². The summed E-state index contributed by atoms with van der Waals surface area (Å²) in [6, 6.07) is 11.1. The highest BCUT2D eigenvalue weighted by molar-refractivity contribution is 6.13. The van der Waals surface area contributed by atoms with Crippen LogP contribution in [0, 0.1) is 5.82 Å². The minimum Gasteiger partial charge on any atom is -0.493 e. The van der Waals surface area contributed by atoms with Crippen molar-refractivity contribution in [1.29, 1.82) is 0 Å². The molecule has 14 heteroatoms. The molecule has 0 spiro atoms. The van der Waals surface area contributed by atoms with Crippen LogP contribution in [-0.2, 0) is 10.3 Å². The van der Waals surface area contributed by atoms with Crippen molar-refractivity contribution in [2.75, 3.05) is 26.9 Å². The summed E-state index contributed by atoms with van der Waals surface area (Å²) in [5.41, 5.74) is 3.24. The summed E-state index contributed by atoms with van der Waals surface area (Å²) in [7, 11) is 1.27. The monoisotopic (exact) mass is 600 g/mol. The van der Waals surface area contributed by atoms with Gasteiger partial charge in [-0.3, -0.25) is 14.6 Å². The van der Waals surface area contributed by atoms with Crippen LogP contribution in [0.2, 0.25) is 0 Å². The van der Waals surface area contributed by atoms with Gasteiger partial charge in [0, 0.05) is 17.7 Å². The van der Waals surface area contributed by atoms with Gasteiger partial charge in [-0.05, 0) is 78.9 Å². The summed E-state index contributed by atoms with van der Waals surface area (Å²) in [4.78, 5) is 30.2. The largest absolute Gasteiger partial charge is 0.493 e. The van der Waals surface area contributed by atoms with Gasteiger partial charge in [-0.25, -0.2) is 13.6 Å². The third-order valence-corrected chi connectivity index (χ3v) is 6.53. The van der Waals surface area contributed by atoms with E-state index in [-0.39, 0.29) is 33.9 Å². The number of aromatic nitrogens is 1. The number of pyridine rings is 1. The molecule has 0 aliphatic rings. The summed E-state index contributed by atoms with van der Waals surface area (Å²) in [5, 5.41) is 2.24. The van der Waals surface area contributed by atoms with E-state index >= 15 is 0 Å². The number of amides is 2. The van der Waals surface area contributed by atoms with E-state index in [2.05, 4.69) is 15.1 Å². The lowest BCUT2D eigenvalue weighted by atomic mass is 9.90. The summed E-state index contributed by atoms with van der Waals surface area (Å²) < 4.78 is 80.7. The van der Waals surface area contributed by atoms with Gasteiger partial charge in [0.2, 0.25) is 0 Å². The SMILES string of the molecule is COc1cc(C(=O)NCC(c2cc(C(C)(CF)NCl)cc(-c3ccc(F)cc3)n2)C(F)(F)F)ccc1OCC(N)=O. The number of hydrogen-bond acceptors (Lipinski definition) is 6. The van der Waals surface area contributed by atoms with Gasteiger partial charge < -0.3 is 20.5 Å². The maximum atomic E-state index is 14.3. The lowest BCUT2D eigenvalue weighted by Gasteiger charge is -2.28. The Morgan fingerprint density at radius 3 is 2.32 bits per heavy atom. The molecule has 0 saturated heterocycles. The molecule has 0 aliphatic heterocycles. The second-order valence-electron chi connectivity index (χ2n) is 9.16. The van der Waals surface area contributed by atoms with Crippen LogP contribution in [0.25, 0.3) is 11.3 Å². The van der Waals surface area contributed by atoms with Crippen LogP contribution in [0.3, 0.4) is 0 Å². The Morgan fingerprint density at radius 1 is 1.07 bits per heavy atom. The number of methoxy groups -OCH3 is 1. The zero-order valence-electron chi connectivity index (χ0n) is 21.8. The van der Waals surface area contributed by atoms with E-state index in [0.717, 1.165) is 18.2 Å². The van der Waals surface area contributed by atoms with Crippen molar-refractivity contribution < 1.29 is 41.0 Å². The van der Waals surface area contributed by atoms with E-state index in [0.29, 0.717) is 0 Å². The number of nitrogens with zero attached hydrogens (tertiary/aromatic N) is 1. The van der Waals surface area contributed by atoms with E-state index in [1.807, 2.05) is 0 Å². The number of nitrogens with one attached hydrogen (secondary N) is 2. The minimum absolute atomic E-state index is 0.0148. The number of benzene rings is 2. The number of hydrogen-bond donors (Lipinski definition) is 3. The molecule has 2 unspecified atom stereocenters.